The van der Waals surface area contributed by atoms with Gasteiger partial charge in [-0.1, -0.05) is 13.8 Å². The molecule has 140 valence electrons. The molecule has 0 saturated carbocycles. The molecule has 0 fully saturated rings. The fraction of sp³-hybridized carbons (Fsp3) is 0.381. The first-order valence-corrected chi connectivity index (χ1v) is 9.03. The summed E-state index contributed by atoms with van der Waals surface area (Å²) < 4.78 is 5.82. The molecule has 0 spiro atoms. The molecular formula is C21H22N2O4. The second-order valence-corrected chi connectivity index (χ2v) is 8.24. The van der Waals surface area contributed by atoms with Crippen molar-refractivity contribution < 1.29 is 18.8 Å². The molecule has 0 saturated heterocycles. The zero-order chi connectivity index (χ0) is 19.5. The maximum Gasteiger partial charge on any atom is 0.261 e. The summed E-state index contributed by atoms with van der Waals surface area (Å²) in [6, 6.07) is 6.47. The number of hydrogen-bond donors (Lipinski definition) is 1. The van der Waals surface area contributed by atoms with Gasteiger partial charge in [-0.25, -0.2) is 0 Å². The number of amides is 3. The lowest BCUT2D eigenvalue weighted by molar-refractivity contribution is 0.0692. The van der Waals surface area contributed by atoms with E-state index in [0.29, 0.717) is 11.1 Å². The van der Waals surface area contributed by atoms with Gasteiger partial charge in [0.05, 0.1) is 17.2 Å². The van der Waals surface area contributed by atoms with Crippen LogP contribution in [0.2, 0.25) is 0 Å². The van der Waals surface area contributed by atoms with Crippen molar-refractivity contribution in [2.24, 2.45) is 5.41 Å². The molecule has 2 aromatic rings. The Morgan fingerprint density at radius 3 is 2.63 bits per heavy atom. The Bertz CT molecular complexity index is 986. The summed E-state index contributed by atoms with van der Waals surface area (Å²) in [4.78, 5) is 38.1. The topological polar surface area (TPSA) is 79.6 Å². The van der Waals surface area contributed by atoms with E-state index in [4.69, 9.17) is 4.42 Å². The third-order valence-electron chi connectivity index (χ3n) is 5.39. The summed E-state index contributed by atoms with van der Waals surface area (Å²) in [7, 11) is 1.44. The fourth-order valence-electron chi connectivity index (χ4n) is 4.06. The van der Waals surface area contributed by atoms with E-state index in [1.165, 1.54) is 13.1 Å². The molecule has 4 rings (SSSR count). The molecule has 3 amide bonds. The Morgan fingerprint density at radius 2 is 1.89 bits per heavy atom. The molecule has 1 aromatic heterocycles. The first-order chi connectivity index (χ1) is 12.7. The summed E-state index contributed by atoms with van der Waals surface area (Å²) in [6.45, 7) is 6.22. The third kappa shape index (κ3) is 2.85. The van der Waals surface area contributed by atoms with E-state index in [2.05, 4.69) is 19.2 Å². The Balaban J connectivity index is 1.62. The van der Waals surface area contributed by atoms with E-state index < -0.39 is 0 Å². The van der Waals surface area contributed by atoms with Gasteiger partial charge in [-0.2, -0.15) is 0 Å². The maximum absolute atomic E-state index is 12.9. The van der Waals surface area contributed by atoms with Crippen LogP contribution in [0, 0.1) is 12.3 Å². The molecule has 1 atom stereocenters. The smallest absolute Gasteiger partial charge is 0.261 e. The van der Waals surface area contributed by atoms with Crippen molar-refractivity contribution in [3.05, 3.63) is 58.0 Å². The minimum absolute atomic E-state index is 0.0122. The van der Waals surface area contributed by atoms with Crippen LogP contribution in [-0.2, 0) is 6.42 Å². The van der Waals surface area contributed by atoms with Crippen LogP contribution < -0.4 is 5.32 Å². The van der Waals surface area contributed by atoms with Crippen LogP contribution in [-0.4, -0.2) is 29.7 Å². The van der Waals surface area contributed by atoms with Gasteiger partial charge in [0.15, 0.2) is 0 Å². The normalized spacial score (nSPS) is 20.4. The van der Waals surface area contributed by atoms with Crippen LogP contribution in [0.4, 0.5) is 0 Å². The predicted octanol–water partition coefficient (Wildman–Crippen LogP) is 3.26. The van der Waals surface area contributed by atoms with Gasteiger partial charge in [-0.05, 0) is 43.0 Å². The quantitative estimate of drug-likeness (QED) is 0.828. The van der Waals surface area contributed by atoms with Crippen LogP contribution in [0.3, 0.4) is 0 Å². The minimum Gasteiger partial charge on any atom is -0.466 e. The molecule has 2 heterocycles. The molecule has 1 aliphatic carbocycles. The number of aryl methyl sites for hydroxylation is 1. The summed E-state index contributed by atoms with van der Waals surface area (Å²) in [5.41, 5.74) is 2.02. The van der Waals surface area contributed by atoms with Crippen molar-refractivity contribution >= 4 is 17.7 Å². The third-order valence-corrected chi connectivity index (χ3v) is 5.39. The predicted molar refractivity (Wildman–Crippen MR) is 98.6 cm³/mol. The number of nitrogens with zero attached hydrogens (tertiary/aromatic N) is 1. The zero-order valence-corrected chi connectivity index (χ0v) is 15.9. The number of carbonyl (C=O) groups excluding carboxylic acids is 3. The van der Waals surface area contributed by atoms with E-state index in [1.54, 1.807) is 12.1 Å². The maximum atomic E-state index is 12.9. The molecule has 2 aliphatic rings. The highest BCUT2D eigenvalue weighted by Gasteiger charge is 2.37. The van der Waals surface area contributed by atoms with Crippen LogP contribution in [0.5, 0.6) is 0 Å². The van der Waals surface area contributed by atoms with E-state index in [9.17, 15) is 14.4 Å². The second-order valence-electron chi connectivity index (χ2n) is 8.24. The van der Waals surface area contributed by atoms with Crippen molar-refractivity contribution in [3.8, 4) is 0 Å². The van der Waals surface area contributed by atoms with Gasteiger partial charge in [0, 0.05) is 24.6 Å². The first kappa shape index (κ1) is 17.5. The highest BCUT2D eigenvalue weighted by atomic mass is 16.3. The van der Waals surface area contributed by atoms with Gasteiger partial charge in [-0.15, -0.1) is 0 Å². The van der Waals surface area contributed by atoms with Crippen LogP contribution in [0.25, 0.3) is 0 Å². The van der Waals surface area contributed by atoms with Gasteiger partial charge in [0.1, 0.15) is 11.5 Å². The number of carbonyl (C=O) groups is 3. The van der Waals surface area contributed by atoms with Crippen molar-refractivity contribution in [1.82, 2.24) is 10.2 Å². The number of fused-ring (bicyclic) bond motifs is 2. The summed E-state index contributed by atoms with van der Waals surface area (Å²) in [6.07, 6.45) is 1.64. The standard InChI is InChI=1S/C21H22N2O4/c1-11-7-15-16(9-21(2,3)10-17(15)27-11)22-18(24)12-5-6-13-14(8-12)20(26)23(4)19(13)25/h5-8,16H,9-10H2,1-4H3,(H,22,24). The van der Waals surface area contributed by atoms with E-state index in [0.717, 1.165) is 34.8 Å². The molecule has 1 aliphatic heterocycles. The number of hydrogen-bond acceptors (Lipinski definition) is 4. The highest BCUT2D eigenvalue weighted by Crippen LogP contribution is 2.42. The molecule has 0 bridgehead atoms. The summed E-state index contributed by atoms with van der Waals surface area (Å²) >= 11 is 0. The molecular weight excluding hydrogens is 344 g/mol. The lowest BCUT2D eigenvalue weighted by atomic mass is 9.74. The van der Waals surface area contributed by atoms with Gasteiger partial charge >= 0.3 is 0 Å². The second kappa shape index (κ2) is 5.81. The van der Waals surface area contributed by atoms with Crippen LogP contribution >= 0.6 is 0 Å². The number of furan rings is 1. The van der Waals surface area contributed by atoms with Gasteiger partial charge in [0.2, 0.25) is 0 Å². The molecule has 6 heteroatoms. The first-order valence-electron chi connectivity index (χ1n) is 9.03. The Kier molecular flexibility index (Phi) is 3.77. The summed E-state index contributed by atoms with van der Waals surface area (Å²) in [5.74, 6) is 0.776. The number of benzene rings is 1. The van der Waals surface area contributed by atoms with Crippen molar-refractivity contribution in [3.63, 3.8) is 0 Å². The Hall–Kier alpha value is -2.89. The summed E-state index contributed by atoms with van der Waals surface area (Å²) in [5, 5.41) is 3.08. The Morgan fingerprint density at radius 1 is 1.19 bits per heavy atom. The van der Waals surface area contributed by atoms with Crippen molar-refractivity contribution in [1.29, 1.82) is 0 Å². The number of imide groups is 1. The highest BCUT2D eigenvalue weighted by molar-refractivity contribution is 6.21. The average molecular weight is 366 g/mol. The Labute approximate surface area is 157 Å². The van der Waals surface area contributed by atoms with E-state index in [-0.39, 0.29) is 34.7 Å². The zero-order valence-electron chi connectivity index (χ0n) is 15.9. The fourth-order valence-corrected chi connectivity index (χ4v) is 4.06. The lowest BCUT2D eigenvalue weighted by Gasteiger charge is -2.34. The van der Waals surface area contributed by atoms with Gasteiger partial charge < -0.3 is 9.73 Å². The van der Waals surface area contributed by atoms with Crippen LogP contribution in [0.15, 0.2) is 28.7 Å². The SMILES string of the molecule is Cc1cc2c(o1)CC(C)(C)CC2NC(=O)c1ccc2c(c1)C(=O)N(C)C2=O. The van der Waals surface area contributed by atoms with E-state index >= 15 is 0 Å². The molecule has 6 nitrogen and oxygen atoms in total. The monoisotopic (exact) mass is 366 g/mol. The number of rotatable bonds is 2. The largest absolute Gasteiger partial charge is 0.466 e. The van der Waals surface area contributed by atoms with E-state index in [1.807, 2.05) is 13.0 Å². The average Bonchev–Trinajstić information content (AvgIpc) is 3.06. The van der Waals surface area contributed by atoms with Gasteiger partial charge in [0.25, 0.3) is 17.7 Å². The van der Waals surface area contributed by atoms with Crippen molar-refractivity contribution in [2.45, 2.75) is 39.7 Å². The number of nitrogens with one attached hydrogen (secondary N) is 1. The van der Waals surface area contributed by atoms with Crippen LogP contribution in [0.1, 0.15) is 74.5 Å². The van der Waals surface area contributed by atoms with Gasteiger partial charge in [-0.3, -0.25) is 19.3 Å². The molecule has 0 radical (unpaired) electrons. The van der Waals surface area contributed by atoms with Crippen molar-refractivity contribution in [2.75, 3.05) is 7.05 Å². The molecule has 27 heavy (non-hydrogen) atoms. The molecule has 1 N–H and O–H groups in total. The molecule has 1 aromatic carbocycles. The lowest BCUT2D eigenvalue weighted by Crippen LogP contribution is -2.36. The molecule has 1 unspecified atom stereocenters. The minimum atomic E-state index is -0.379.